The monoisotopic (exact) mass is 698 g/mol. The summed E-state index contributed by atoms with van der Waals surface area (Å²) in [4.78, 5) is 5.21. The highest BCUT2D eigenvalue weighted by molar-refractivity contribution is 8.05. The molecule has 0 unspecified atom stereocenters. The van der Waals surface area contributed by atoms with E-state index >= 15 is 0 Å². The van der Waals surface area contributed by atoms with Crippen molar-refractivity contribution in [3.05, 3.63) is 182 Å². The van der Waals surface area contributed by atoms with Crippen LogP contribution in [0.4, 0.5) is 0 Å². The molecule has 0 spiro atoms. The van der Waals surface area contributed by atoms with Crippen molar-refractivity contribution < 1.29 is 0 Å². The first kappa shape index (κ1) is 29.8. The summed E-state index contributed by atoms with van der Waals surface area (Å²) in [6, 6.07) is 66.3. The smallest absolute Gasteiger partial charge is 0.0692 e. The number of hydrogen-bond donors (Lipinski definition) is 0. The predicted molar refractivity (Wildman–Crippen MR) is 221 cm³/mol. The van der Waals surface area contributed by atoms with Gasteiger partial charge in [0.2, 0.25) is 0 Å². The first-order valence-electron chi connectivity index (χ1n) is 17.6. The van der Waals surface area contributed by atoms with Crippen LogP contribution in [0.5, 0.6) is 0 Å². The summed E-state index contributed by atoms with van der Waals surface area (Å²) < 4.78 is 4.95. The van der Waals surface area contributed by atoms with Crippen LogP contribution in [-0.2, 0) is 0 Å². The maximum Gasteiger partial charge on any atom is 0.0692 e. The fraction of sp³-hybridized carbons (Fsp3) is 0. The summed E-state index contributed by atoms with van der Waals surface area (Å²) in [5.41, 5.74) is 12.2. The first-order valence-corrected chi connectivity index (χ1v) is 19.2. The van der Waals surface area contributed by atoms with E-state index in [9.17, 15) is 0 Å². The molecule has 0 amide bonds. The molecule has 8 aromatic carbocycles. The Balaban J connectivity index is 1.09. The first-order chi connectivity index (χ1) is 25.8. The fourth-order valence-electron chi connectivity index (χ4n) is 8.00. The van der Waals surface area contributed by atoms with Gasteiger partial charge in [-0.2, -0.15) is 0 Å². The second kappa shape index (κ2) is 11.8. The van der Waals surface area contributed by atoms with Gasteiger partial charge in [-0.1, -0.05) is 157 Å². The summed E-state index contributed by atoms with van der Waals surface area (Å²) in [6.45, 7) is 0. The lowest BCUT2D eigenvalue weighted by molar-refractivity contribution is 1.10. The van der Waals surface area contributed by atoms with E-state index in [4.69, 9.17) is 0 Å². The standard InChI is InChI=1S/C48H30N2S2/c1-3-11-31(12-4-1)33-19-23-35(24-20-33)49-41-17-9-7-15-37(41)39-27-29-43-47(45(39)49)51-44-30-28-40-38-16-8-10-18-42(38)50(46(40)48(44)52-43)36-25-21-34(22-26-36)32-13-5-2-6-14-32/h1-30H. The number of aromatic nitrogens is 2. The van der Waals surface area contributed by atoms with Gasteiger partial charge in [0.05, 0.1) is 31.9 Å². The lowest BCUT2D eigenvalue weighted by Crippen LogP contribution is -2.00. The van der Waals surface area contributed by atoms with Crippen LogP contribution in [0.25, 0.3) is 77.2 Å². The normalized spacial score (nSPS) is 12.5. The lowest BCUT2D eigenvalue weighted by atomic mass is 10.1. The molecule has 0 fully saturated rings. The van der Waals surface area contributed by atoms with Crippen LogP contribution in [0.15, 0.2) is 202 Å². The second-order valence-corrected chi connectivity index (χ2v) is 15.4. The van der Waals surface area contributed by atoms with Crippen LogP contribution in [0.1, 0.15) is 0 Å². The molecule has 0 saturated heterocycles. The highest BCUT2D eigenvalue weighted by atomic mass is 32.2. The third kappa shape index (κ3) is 4.55. The largest absolute Gasteiger partial charge is 0.308 e. The summed E-state index contributed by atoms with van der Waals surface area (Å²) >= 11 is 3.82. The predicted octanol–water partition coefficient (Wildman–Crippen LogP) is 13.8. The molecule has 1 aliphatic rings. The maximum absolute atomic E-state index is 2.47. The van der Waals surface area contributed by atoms with Gasteiger partial charge < -0.3 is 9.13 Å². The van der Waals surface area contributed by atoms with Gasteiger partial charge in [-0.05, 0) is 70.8 Å². The SMILES string of the molecule is c1ccc(-c2ccc(-n3c4ccccc4c4ccc5c(c43)Sc3ccc4c6ccccc6n(-c6ccc(-c7ccccc7)cc6)c4c3S5)cc2)cc1. The average Bonchev–Trinajstić information content (AvgIpc) is 3.75. The van der Waals surface area contributed by atoms with Gasteiger partial charge >= 0.3 is 0 Å². The third-order valence-electron chi connectivity index (χ3n) is 10.4. The quantitative estimate of drug-likeness (QED) is 0.181. The Kier molecular flexibility index (Phi) is 6.76. The highest BCUT2D eigenvalue weighted by Crippen LogP contribution is 2.55. The van der Waals surface area contributed by atoms with E-state index in [-0.39, 0.29) is 0 Å². The Hall–Kier alpha value is -5.94. The molecular formula is C48H30N2S2. The van der Waals surface area contributed by atoms with Gasteiger partial charge in [0.1, 0.15) is 0 Å². The fourth-order valence-corrected chi connectivity index (χ4v) is 10.5. The molecule has 3 heterocycles. The third-order valence-corrected chi connectivity index (χ3v) is 13.0. The van der Waals surface area contributed by atoms with Gasteiger partial charge in [0.15, 0.2) is 0 Å². The minimum atomic E-state index is 1.17. The van der Waals surface area contributed by atoms with E-state index < -0.39 is 0 Å². The summed E-state index contributed by atoms with van der Waals surface area (Å²) in [6.07, 6.45) is 0. The van der Waals surface area contributed by atoms with Crippen LogP contribution in [0, 0.1) is 0 Å². The van der Waals surface area contributed by atoms with Gasteiger partial charge in [0.25, 0.3) is 0 Å². The van der Waals surface area contributed by atoms with Gasteiger partial charge in [-0.15, -0.1) is 0 Å². The molecule has 4 heteroatoms. The van der Waals surface area contributed by atoms with Crippen molar-refractivity contribution in [2.24, 2.45) is 0 Å². The maximum atomic E-state index is 2.47. The summed E-state index contributed by atoms with van der Waals surface area (Å²) in [7, 11) is 0. The minimum absolute atomic E-state index is 1.17. The van der Waals surface area contributed by atoms with Crippen LogP contribution in [-0.4, -0.2) is 9.13 Å². The molecule has 10 aromatic rings. The van der Waals surface area contributed by atoms with Crippen LogP contribution in [0.2, 0.25) is 0 Å². The van der Waals surface area contributed by atoms with Crippen LogP contribution in [0.3, 0.4) is 0 Å². The van der Waals surface area contributed by atoms with E-state index in [0.717, 1.165) is 0 Å². The molecule has 0 aliphatic carbocycles. The number of benzene rings is 8. The van der Waals surface area contributed by atoms with Crippen LogP contribution < -0.4 is 0 Å². The summed E-state index contributed by atoms with van der Waals surface area (Å²) in [5, 5.41) is 5.12. The molecule has 0 atom stereocenters. The second-order valence-electron chi connectivity index (χ2n) is 13.3. The number of rotatable bonds is 4. The molecule has 11 rings (SSSR count). The Bertz CT molecular complexity index is 2770. The van der Waals surface area contributed by atoms with Crippen molar-refractivity contribution in [1.82, 2.24) is 9.13 Å². The number of para-hydroxylation sites is 2. The Labute approximate surface area is 310 Å². The van der Waals surface area contributed by atoms with Crippen molar-refractivity contribution in [2.45, 2.75) is 19.6 Å². The molecule has 244 valence electrons. The molecule has 0 saturated carbocycles. The van der Waals surface area contributed by atoms with Crippen LogP contribution >= 0.6 is 23.5 Å². The highest BCUT2D eigenvalue weighted by Gasteiger charge is 2.27. The van der Waals surface area contributed by atoms with E-state index in [1.165, 1.54) is 96.8 Å². The topological polar surface area (TPSA) is 9.86 Å². The van der Waals surface area contributed by atoms with Crippen molar-refractivity contribution in [2.75, 3.05) is 0 Å². The van der Waals surface area contributed by atoms with E-state index in [1.54, 1.807) is 0 Å². The Morgan fingerprint density at radius 3 is 1.08 bits per heavy atom. The Morgan fingerprint density at radius 1 is 0.288 bits per heavy atom. The summed E-state index contributed by atoms with van der Waals surface area (Å²) in [5.74, 6) is 0. The van der Waals surface area contributed by atoms with E-state index in [1.807, 2.05) is 23.5 Å². The van der Waals surface area contributed by atoms with Gasteiger partial charge in [-0.3, -0.25) is 0 Å². The molecule has 0 bridgehead atoms. The number of fused-ring (bicyclic) bond motifs is 10. The zero-order valence-corrected chi connectivity index (χ0v) is 29.7. The van der Waals surface area contributed by atoms with Crippen molar-refractivity contribution in [3.63, 3.8) is 0 Å². The zero-order chi connectivity index (χ0) is 34.2. The molecule has 2 nitrogen and oxygen atoms in total. The van der Waals surface area contributed by atoms with E-state index in [2.05, 4.69) is 191 Å². The molecule has 0 radical (unpaired) electrons. The van der Waals surface area contributed by atoms with Crippen molar-refractivity contribution >= 4 is 67.1 Å². The van der Waals surface area contributed by atoms with Gasteiger partial charge in [-0.25, -0.2) is 0 Å². The molecule has 52 heavy (non-hydrogen) atoms. The molecule has 2 aromatic heterocycles. The molecular weight excluding hydrogens is 669 g/mol. The van der Waals surface area contributed by atoms with E-state index in [0.29, 0.717) is 0 Å². The lowest BCUT2D eigenvalue weighted by Gasteiger charge is -2.22. The number of hydrogen-bond acceptors (Lipinski definition) is 2. The molecule has 0 N–H and O–H groups in total. The Morgan fingerprint density at radius 2 is 0.654 bits per heavy atom. The number of nitrogens with zero attached hydrogens (tertiary/aromatic N) is 2. The molecule has 1 aliphatic heterocycles. The minimum Gasteiger partial charge on any atom is -0.308 e. The van der Waals surface area contributed by atoms with Crippen molar-refractivity contribution in [1.29, 1.82) is 0 Å². The average molecular weight is 699 g/mol. The van der Waals surface area contributed by atoms with Gasteiger partial charge in [0, 0.05) is 42.7 Å². The van der Waals surface area contributed by atoms with Crippen molar-refractivity contribution in [3.8, 4) is 33.6 Å². The zero-order valence-electron chi connectivity index (χ0n) is 28.0.